The molecule has 3 heterocycles. The second-order valence-corrected chi connectivity index (χ2v) is 9.47. The van der Waals surface area contributed by atoms with E-state index in [2.05, 4.69) is 24.9 Å². The van der Waals surface area contributed by atoms with Gasteiger partial charge >= 0.3 is 0 Å². The van der Waals surface area contributed by atoms with Crippen LogP contribution in [0.4, 0.5) is 4.39 Å². The van der Waals surface area contributed by atoms with Crippen LogP contribution in [-0.2, 0) is 4.74 Å². The minimum Gasteiger partial charge on any atom is -0.373 e. The number of hydrogen-bond acceptors (Lipinski definition) is 3. The Balaban J connectivity index is 1.43. The molecule has 5 nitrogen and oxygen atoms in total. The number of ether oxygens (including phenoxy) is 1. The van der Waals surface area contributed by atoms with Gasteiger partial charge in [0, 0.05) is 13.2 Å². The fraction of sp³-hybridized carbons (Fsp3) is 0.407. The molecule has 2 aliphatic heterocycles. The van der Waals surface area contributed by atoms with Crippen molar-refractivity contribution in [1.82, 2.24) is 14.5 Å². The number of piperidine rings is 1. The van der Waals surface area contributed by atoms with Gasteiger partial charge in [-0.1, -0.05) is 36.4 Å². The first-order valence-electron chi connectivity index (χ1n) is 11.8. The third kappa shape index (κ3) is 4.08. The van der Waals surface area contributed by atoms with E-state index in [1.807, 2.05) is 27.7 Å². The first-order valence-corrected chi connectivity index (χ1v) is 11.8. The number of fused-ring (bicyclic) bond motifs is 1. The van der Waals surface area contributed by atoms with Gasteiger partial charge in [0.1, 0.15) is 11.5 Å². The number of benzene rings is 2. The van der Waals surface area contributed by atoms with Crippen molar-refractivity contribution >= 4 is 5.91 Å². The normalized spacial score (nSPS) is 23.7. The van der Waals surface area contributed by atoms with Crippen LogP contribution in [-0.4, -0.2) is 45.7 Å². The van der Waals surface area contributed by atoms with Crippen molar-refractivity contribution in [3.63, 3.8) is 0 Å². The van der Waals surface area contributed by atoms with E-state index in [9.17, 15) is 9.18 Å². The molecule has 0 bridgehead atoms. The maximum Gasteiger partial charge on any atom is 0.272 e. The smallest absolute Gasteiger partial charge is 0.272 e. The van der Waals surface area contributed by atoms with Crippen molar-refractivity contribution < 1.29 is 13.9 Å². The zero-order valence-corrected chi connectivity index (χ0v) is 19.2. The molecule has 2 fully saturated rings. The van der Waals surface area contributed by atoms with Crippen LogP contribution >= 0.6 is 0 Å². The topological polar surface area (TPSA) is 47.4 Å². The van der Waals surface area contributed by atoms with Crippen molar-refractivity contribution in [3.05, 3.63) is 78.1 Å². The van der Waals surface area contributed by atoms with Crippen LogP contribution in [0.5, 0.6) is 0 Å². The van der Waals surface area contributed by atoms with Gasteiger partial charge in [-0.05, 0) is 67.9 Å². The van der Waals surface area contributed by atoms with Crippen LogP contribution in [0.25, 0.3) is 11.1 Å². The lowest BCUT2D eigenvalue weighted by atomic mass is 9.78. The molecule has 2 aromatic carbocycles. The monoisotopic (exact) mass is 447 g/mol. The molecule has 0 radical (unpaired) electrons. The summed E-state index contributed by atoms with van der Waals surface area (Å²) < 4.78 is 21.6. The molecule has 5 rings (SSSR count). The van der Waals surface area contributed by atoms with Crippen molar-refractivity contribution in [2.24, 2.45) is 5.92 Å². The average molecular weight is 448 g/mol. The van der Waals surface area contributed by atoms with Gasteiger partial charge in [-0.25, -0.2) is 9.37 Å². The summed E-state index contributed by atoms with van der Waals surface area (Å²) in [4.78, 5) is 19.9. The minimum absolute atomic E-state index is 0.00698. The summed E-state index contributed by atoms with van der Waals surface area (Å²) in [5.41, 5.74) is 3.32. The Morgan fingerprint density at radius 1 is 1.18 bits per heavy atom. The molecule has 6 heteroatoms. The zero-order valence-electron chi connectivity index (χ0n) is 19.2. The first kappa shape index (κ1) is 21.8. The SMILES string of the molecule is C[C@@H](c1ccccc1-c1ccc(F)cc1)n1cncc1C(=O)N1CCC2CCCOC2(C)C1. The number of halogens is 1. The molecule has 33 heavy (non-hydrogen) atoms. The van der Waals surface area contributed by atoms with Crippen molar-refractivity contribution in [1.29, 1.82) is 0 Å². The minimum atomic E-state index is -0.266. The van der Waals surface area contributed by atoms with E-state index in [4.69, 9.17) is 4.74 Å². The third-order valence-electron chi connectivity index (χ3n) is 7.40. The molecule has 172 valence electrons. The highest BCUT2D eigenvalue weighted by Gasteiger charge is 2.44. The maximum atomic E-state index is 13.6. The summed E-state index contributed by atoms with van der Waals surface area (Å²) in [6.07, 6.45) is 6.64. The molecular formula is C27H30FN3O2. The fourth-order valence-corrected chi connectivity index (χ4v) is 5.47. The first-order chi connectivity index (χ1) is 16.0. The highest BCUT2D eigenvalue weighted by Crippen LogP contribution is 2.38. The van der Waals surface area contributed by atoms with Crippen LogP contribution in [0.3, 0.4) is 0 Å². The van der Waals surface area contributed by atoms with Crippen molar-refractivity contribution in [2.75, 3.05) is 19.7 Å². The highest BCUT2D eigenvalue weighted by molar-refractivity contribution is 5.92. The second kappa shape index (κ2) is 8.75. The number of imidazole rings is 1. The molecule has 3 aromatic rings. The predicted octanol–water partition coefficient (Wildman–Crippen LogP) is 5.33. The van der Waals surface area contributed by atoms with Crippen LogP contribution < -0.4 is 0 Å². The van der Waals surface area contributed by atoms with Gasteiger partial charge in [0.2, 0.25) is 0 Å². The van der Waals surface area contributed by atoms with E-state index >= 15 is 0 Å². The Hall–Kier alpha value is -2.99. The van der Waals surface area contributed by atoms with E-state index in [0.29, 0.717) is 18.2 Å². The lowest BCUT2D eigenvalue weighted by molar-refractivity contribution is -0.136. The molecular weight excluding hydrogens is 417 g/mol. The summed E-state index contributed by atoms with van der Waals surface area (Å²) in [5.74, 6) is 0.250. The summed E-state index contributed by atoms with van der Waals surface area (Å²) in [5, 5.41) is 0. The van der Waals surface area contributed by atoms with Gasteiger partial charge < -0.3 is 14.2 Å². The Labute approximate surface area is 194 Å². The van der Waals surface area contributed by atoms with Gasteiger partial charge in [-0.3, -0.25) is 4.79 Å². The number of aromatic nitrogens is 2. The van der Waals surface area contributed by atoms with Crippen LogP contribution in [0.15, 0.2) is 61.1 Å². The number of carbonyl (C=O) groups is 1. The molecule has 2 saturated heterocycles. The van der Waals surface area contributed by atoms with Gasteiger partial charge in [0.05, 0.1) is 30.7 Å². The zero-order chi connectivity index (χ0) is 23.0. The van der Waals surface area contributed by atoms with Crippen LogP contribution in [0.2, 0.25) is 0 Å². The molecule has 0 aliphatic carbocycles. The number of amides is 1. The van der Waals surface area contributed by atoms with E-state index in [-0.39, 0.29) is 23.4 Å². The third-order valence-corrected chi connectivity index (χ3v) is 7.40. The molecule has 1 amide bonds. The Kier molecular flexibility index (Phi) is 5.79. The average Bonchev–Trinajstić information content (AvgIpc) is 3.33. The molecule has 0 spiro atoms. The van der Waals surface area contributed by atoms with Crippen molar-refractivity contribution in [2.45, 2.75) is 44.8 Å². The second-order valence-electron chi connectivity index (χ2n) is 9.47. The summed E-state index contributed by atoms with van der Waals surface area (Å²) >= 11 is 0. The lowest BCUT2D eigenvalue weighted by Crippen LogP contribution is -2.57. The summed E-state index contributed by atoms with van der Waals surface area (Å²) in [7, 11) is 0. The quantitative estimate of drug-likeness (QED) is 0.543. The number of carbonyl (C=O) groups excluding carboxylic acids is 1. The van der Waals surface area contributed by atoms with Gasteiger partial charge in [-0.15, -0.1) is 0 Å². The molecule has 1 aromatic heterocycles. The van der Waals surface area contributed by atoms with Gasteiger partial charge in [-0.2, -0.15) is 0 Å². The molecule has 3 atom stereocenters. The van der Waals surface area contributed by atoms with E-state index in [1.165, 1.54) is 18.6 Å². The molecule has 2 aliphatic rings. The molecule has 0 saturated carbocycles. The standard InChI is InChI=1S/C27H30FN3O2/c1-19(23-7-3-4-8-24(23)20-9-11-22(28)12-10-20)31-18-29-16-25(31)26(32)30-14-13-21-6-5-15-33-27(21,2)17-30/h3-4,7-12,16,18-19,21H,5-6,13-15,17H2,1-2H3/t19-,21?,27?/m0/s1. The van der Waals surface area contributed by atoms with Crippen LogP contribution in [0, 0.1) is 11.7 Å². The largest absolute Gasteiger partial charge is 0.373 e. The van der Waals surface area contributed by atoms with Crippen molar-refractivity contribution in [3.8, 4) is 11.1 Å². The Morgan fingerprint density at radius 3 is 2.79 bits per heavy atom. The number of hydrogen-bond donors (Lipinski definition) is 0. The van der Waals surface area contributed by atoms with E-state index in [0.717, 1.165) is 42.7 Å². The Morgan fingerprint density at radius 2 is 1.97 bits per heavy atom. The highest BCUT2D eigenvalue weighted by atomic mass is 19.1. The lowest BCUT2D eigenvalue weighted by Gasteiger charge is -2.48. The van der Waals surface area contributed by atoms with E-state index < -0.39 is 0 Å². The van der Waals surface area contributed by atoms with Crippen LogP contribution in [0.1, 0.15) is 55.2 Å². The van der Waals surface area contributed by atoms with E-state index in [1.54, 1.807) is 24.7 Å². The summed E-state index contributed by atoms with van der Waals surface area (Å²) in [6, 6.07) is 14.5. The molecule has 2 unspecified atom stereocenters. The molecule has 0 N–H and O–H groups in total. The fourth-order valence-electron chi connectivity index (χ4n) is 5.47. The predicted molar refractivity (Wildman–Crippen MR) is 125 cm³/mol. The number of nitrogens with zero attached hydrogens (tertiary/aromatic N) is 3. The number of rotatable bonds is 4. The van der Waals surface area contributed by atoms with Gasteiger partial charge in [0.15, 0.2) is 0 Å². The summed E-state index contributed by atoms with van der Waals surface area (Å²) in [6.45, 7) is 6.34. The van der Waals surface area contributed by atoms with Gasteiger partial charge in [0.25, 0.3) is 5.91 Å². The Bertz CT molecular complexity index is 1140. The maximum absolute atomic E-state index is 13.6. The number of likely N-dealkylation sites (tertiary alicyclic amines) is 1.